The van der Waals surface area contributed by atoms with Crippen LogP contribution in [0.5, 0.6) is 5.75 Å². The van der Waals surface area contributed by atoms with E-state index in [2.05, 4.69) is 41.9 Å². The van der Waals surface area contributed by atoms with Gasteiger partial charge in [-0.15, -0.1) is 0 Å². The van der Waals surface area contributed by atoms with Crippen LogP contribution in [0, 0.1) is 5.82 Å². The molecule has 12 heteroatoms. The molecule has 3 N–H and O–H groups in total. The molecule has 8 nitrogen and oxygen atoms in total. The molecule has 0 aromatic heterocycles. The molecular formula is C18H17Br2FN2O6S. The van der Waals surface area contributed by atoms with Crippen molar-refractivity contribution in [2.75, 3.05) is 17.0 Å². The number of benzene rings is 2. The third-order valence-corrected chi connectivity index (χ3v) is 6.23. The number of hydrogen-bond acceptors (Lipinski definition) is 5. The SMILES string of the molecule is CCS(=O)(=O)Nc1cccc(COc2c(Br)cc(C(=O)NCC(=O)O)cc2Br)c1F. The van der Waals surface area contributed by atoms with Crippen LogP contribution < -0.4 is 14.8 Å². The number of hydrogen-bond donors (Lipinski definition) is 3. The number of aliphatic carboxylic acids is 1. The van der Waals surface area contributed by atoms with Crippen LogP contribution in [0.2, 0.25) is 0 Å². The summed E-state index contributed by atoms with van der Waals surface area (Å²) in [5.41, 5.74) is 0.124. The van der Waals surface area contributed by atoms with Gasteiger partial charge >= 0.3 is 5.97 Å². The Hall–Kier alpha value is -2.18. The highest BCUT2D eigenvalue weighted by atomic mass is 79.9. The molecular weight excluding hydrogens is 551 g/mol. The minimum atomic E-state index is -3.64. The van der Waals surface area contributed by atoms with E-state index in [1.54, 1.807) is 0 Å². The van der Waals surface area contributed by atoms with Crippen molar-refractivity contribution in [2.24, 2.45) is 0 Å². The van der Waals surface area contributed by atoms with Gasteiger partial charge in [0.25, 0.3) is 5.91 Å². The largest absolute Gasteiger partial charge is 0.486 e. The van der Waals surface area contributed by atoms with Gasteiger partial charge in [-0.2, -0.15) is 0 Å². The lowest BCUT2D eigenvalue weighted by Crippen LogP contribution is -2.29. The van der Waals surface area contributed by atoms with E-state index < -0.39 is 34.3 Å². The van der Waals surface area contributed by atoms with Crippen LogP contribution in [0.3, 0.4) is 0 Å². The van der Waals surface area contributed by atoms with Crippen molar-refractivity contribution in [2.45, 2.75) is 13.5 Å². The van der Waals surface area contributed by atoms with Gasteiger partial charge < -0.3 is 15.2 Å². The van der Waals surface area contributed by atoms with Gasteiger partial charge in [0.15, 0.2) is 5.82 Å². The van der Waals surface area contributed by atoms with Crippen molar-refractivity contribution in [3.63, 3.8) is 0 Å². The zero-order valence-electron chi connectivity index (χ0n) is 15.5. The number of halogens is 3. The highest BCUT2D eigenvalue weighted by Crippen LogP contribution is 2.35. The maximum atomic E-state index is 14.6. The Bertz CT molecular complexity index is 1060. The van der Waals surface area contributed by atoms with Gasteiger partial charge in [0.05, 0.1) is 20.4 Å². The number of carbonyl (C=O) groups is 2. The fourth-order valence-corrected chi connectivity index (χ4v) is 4.30. The highest BCUT2D eigenvalue weighted by Gasteiger charge is 2.17. The monoisotopic (exact) mass is 566 g/mol. The molecule has 0 atom stereocenters. The molecule has 0 saturated carbocycles. The molecule has 162 valence electrons. The number of rotatable bonds is 9. The topological polar surface area (TPSA) is 122 Å². The Labute approximate surface area is 189 Å². The number of carboxylic acid groups (broad SMARTS) is 1. The number of nitrogens with one attached hydrogen (secondary N) is 2. The lowest BCUT2D eigenvalue weighted by atomic mass is 10.2. The van der Waals surface area contributed by atoms with Crippen LogP contribution >= 0.6 is 31.9 Å². The van der Waals surface area contributed by atoms with Gasteiger partial charge in [-0.05, 0) is 57.0 Å². The second-order valence-electron chi connectivity index (χ2n) is 5.92. The lowest BCUT2D eigenvalue weighted by Gasteiger charge is -2.14. The Morgan fingerprint density at radius 1 is 1.20 bits per heavy atom. The summed E-state index contributed by atoms with van der Waals surface area (Å²) in [6.45, 7) is 0.701. The van der Waals surface area contributed by atoms with Crippen LogP contribution in [0.25, 0.3) is 0 Å². The molecule has 0 aliphatic heterocycles. The Kier molecular flexibility index (Phi) is 8.21. The average Bonchev–Trinajstić information content (AvgIpc) is 2.67. The fraction of sp³-hybridized carbons (Fsp3) is 0.222. The number of carboxylic acids is 1. The van der Waals surface area contributed by atoms with Gasteiger partial charge in [-0.25, -0.2) is 12.8 Å². The molecule has 0 radical (unpaired) electrons. The van der Waals surface area contributed by atoms with E-state index in [1.807, 2.05) is 0 Å². The van der Waals surface area contributed by atoms with Crippen LogP contribution in [-0.2, 0) is 21.4 Å². The number of anilines is 1. The molecule has 0 heterocycles. The van der Waals surface area contributed by atoms with Crippen molar-refractivity contribution < 1.29 is 32.2 Å². The third kappa shape index (κ3) is 6.41. The molecule has 1 amide bonds. The summed E-state index contributed by atoms with van der Waals surface area (Å²) >= 11 is 6.53. The Morgan fingerprint density at radius 2 is 1.83 bits per heavy atom. The molecule has 2 aromatic carbocycles. The second kappa shape index (κ2) is 10.2. The van der Waals surface area contributed by atoms with E-state index in [9.17, 15) is 22.4 Å². The lowest BCUT2D eigenvalue weighted by molar-refractivity contribution is -0.135. The maximum Gasteiger partial charge on any atom is 0.322 e. The van der Waals surface area contributed by atoms with E-state index in [-0.39, 0.29) is 34.9 Å². The van der Waals surface area contributed by atoms with Crippen molar-refractivity contribution >= 4 is 59.4 Å². The molecule has 0 bridgehead atoms. The van der Waals surface area contributed by atoms with Crippen LogP contribution in [-0.4, -0.2) is 37.7 Å². The molecule has 0 saturated heterocycles. The summed E-state index contributed by atoms with van der Waals surface area (Å²) in [7, 11) is -3.64. The first-order chi connectivity index (χ1) is 14.0. The van der Waals surface area contributed by atoms with Crippen molar-refractivity contribution in [3.05, 3.63) is 56.2 Å². The van der Waals surface area contributed by atoms with Gasteiger partial charge in [0.1, 0.15) is 18.9 Å². The first-order valence-corrected chi connectivity index (χ1v) is 11.7. The highest BCUT2D eigenvalue weighted by molar-refractivity contribution is 9.11. The maximum absolute atomic E-state index is 14.6. The summed E-state index contributed by atoms with van der Waals surface area (Å²) in [5, 5.41) is 10.9. The molecule has 0 spiro atoms. The molecule has 30 heavy (non-hydrogen) atoms. The first kappa shape index (κ1) is 24.1. The number of ether oxygens (including phenoxy) is 1. The van der Waals surface area contributed by atoms with E-state index in [0.29, 0.717) is 8.95 Å². The quantitative estimate of drug-likeness (QED) is 0.426. The van der Waals surface area contributed by atoms with Crippen LogP contribution in [0.1, 0.15) is 22.8 Å². The predicted octanol–water partition coefficient (Wildman–Crippen LogP) is 3.51. The van der Waals surface area contributed by atoms with E-state index in [4.69, 9.17) is 9.84 Å². The molecule has 2 aromatic rings. The van der Waals surface area contributed by atoms with Crippen LogP contribution in [0.15, 0.2) is 39.3 Å². The number of sulfonamides is 1. The molecule has 0 fully saturated rings. The van der Waals surface area contributed by atoms with Gasteiger partial charge in [0.2, 0.25) is 10.0 Å². The summed E-state index contributed by atoms with van der Waals surface area (Å²) in [6.07, 6.45) is 0. The van der Waals surface area contributed by atoms with Crippen molar-refractivity contribution in [1.82, 2.24) is 5.32 Å². The molecule has 0 aliphatic carbocycles. The normalized spacial score (nSPS) is 11.1. The van der Waals surface area contributed by atoms with Crippen LogP contribution in [0.4, 0.5) is 10.1 Å². The predicted molar refractivity (Wildman–Crippen MR) is 116 cm³/mol. The molecule has 0 unspecified atom stereocenters. The third-order valence-electron chi connectivity index (χ3n) is 3.76. The summed E-state index contributed by atoms with van der Waals surface area (Å²) in [4.78, 5) is 22.6. The fourth-order valence-electron chi connectivity index (χ4n) is 2.25. The summed E-state index contributed by atoms with van der Waals surface area (Å²) < 4.78 is 46.6. The smallest absolute Gasteiger partial charge is 0.322 e. The second-order valence-corrected chi connectivity index (χ2v) is 9.64. The summed E-state index contributed by atoms with van der Waals surface area (Å²) in [6, 6.07) is 7.12. The Morgan fingerprint density at radius 3 is 2.40 bits per heavy atom. The van der Waals surface area contributed by atoms with Crippen molar-refractivity contribution in [3.8, 4) is 5.75 Å². The Balaban J connectivity index is 2.18. The van der Waals surface area contributed by atoms with Crippen molar-refractivity contribution in [1.29, 1.82) is 0 Å². The number of carbonyl (C=O) groups excluding carboxylic acids is 1. The molecule has 2 rings (SSSR count). The van der Waals surface area contributed by atoms with Gasteiger partial charge in [-0.1, -0.05) is 12.1 Å². The first-order valence-electron chi connectivity index (χ1n) is 8.43. The molecule has 0 aliphatic rings. The zero-order chi connectivity index (χ0) is 22.5. The van der Waals surface area contributed by atoms with Gasteiger partial charge in [0, 0.05) is 11.1 Å². The number of amides is 1. The van der Waals surface area contributed by atoms with E-state index >= 15 is 0 Å². The zero-order valence-corrected chi connectivity index (χ0v) is 19.5. The minimum absolute atomic E-state index is 0.119. The average molecular weight is 568 g/mol. The minimum Gasteiger partial charge on any atom is -0.486 e. The standard InChI is InChI=1S/C18H17Br2FN2O6S/c1-2-30(27,28)23-14-5-3-4-10(16(14)21)9-29-17-12(19)6-11(7-13(17)20)18(26)22-8-15(24)25/h3-7,23H,2,8-9H2,1H3,(H,22,26)(H,24,25). The van der Waals surface area contributed by atoms with Gasteiger partial charge in [-0.3, -0.25) is 14.3 Å². The summed E-state index contributed by atoms with van der Waals surface area (Å²) in [5.74, 6) is -2.44. The van der Waals surface area contributed by atoms with E-state index in [1.165, 1.54) is 37.3 Å². The van der Waals surface area contributed by atoms with E-state index in [0.717, 1.165) is 0 Å².